The van der Waals surface area contributed by atoms with Crippen molar-refractivity contribution in [1.82, 2.24) is 9.80 Å². The molecule has 1 fully saturated rings. The van der Waals surface area contributed by atoms with Crippen molar-refractivity contribution < 1.29 is 14.3 Å². The van der Waals surface area contributed by atoms with Gasteiger partial charge in [-0.15, -0.1) is 0 Å². The first-order chi connectivity index (χ1) is 12.5. The molecule has 1 aliphatic heterocycles. The SMILES string of the molecule is O=C(Cc1c(F)cccc1Cl)N1CCN(Cc2ccccc2)C[C@H](O)C1. The second-order valence-electron chi connectivity index (χ2n) is 6.59. The van der Waals surface area contributed by atoms with Gasteiger partial charge < -0.3 is 10.0 Å². The van der Waals surface area contributed by atoms with E-state index < -0.39 is 11.9 Å². The molecule has 1 N–H and O–H groups in total. The predicted octanol–water partition coefficient (Wildman–Crippen LogP) is 2.73. The summed E-state index contributed by atoms with van der Waals surface area (Å²) < 4.78 is 13.9. The van der Waals surface area contributed by atoms with Gasteiger partial charge in [0.25, 0.3) is 0 Å². The summed E-state index contributed by atoms with van der Waals surface area (Å²) in [5, 5.41) is 10.5. The van der Waals surface area contributed by atoms with Gasteiger partial charge in [-0.3, -0.25) is 9.69 Å². The maximum Gasteiger partial charge on any atom is 0.227 e. The lowest BCUT2D eigenvalue weighted by Crippen LogP contribution is -2.38. The van der Waals surface area contributed by atoms with Crippen LogP contribution < -0.4 is 0 Å². The van der Waals surface area contributed by atoms with Crippen molar-refractivity contribution in [3.8, 4) is 0 Å². The summed E-state index contributed by atoms with van der Waals surface area (Å²) in [7, 11) is 0. The molecule has 2 aromatic carbocycles. The van der Waals surface area contributed by atoms with Crippen LogP contribution in [0.2, 0.25) is 5.02 Å². The molecule has 26 heavy (non-hydrogen) atoms. The molecule has 2 aromatic rings. The van der Waals surface area contributed by atoms with E-state index in [2.05, 4.69) is 4.90 Å². The Balaban J connectivity index is 1.63. The first-order valence-electron chi connectivity index (χ1n) is 8.68. The molecule has 1 saturated heterocycles. The summed E-state index contributed by atoms with van der Waals surface area (Å²) in [5.74, 6) is -0.704. The Kier molecular flexibility index (Phi) is 6.25. The van der Waals surface area contributed by atoms with Gasteiger partial charge in [0.05, 0.1) is 12.5 Å². The Bertz CT molecular complexity index is 736. The van der Waals surface area contributed by atoms with Crippen molar-refractivity contribution in [3.05, 3.63) is 70.5 Å². The fraction of sp³-hybridized carbons (Fsp3) is 0.350. The zero-order valence-electron chi connectivity index (χ0n) is 14.4. The topological polar surface area (TPSA) is 43.8 Å². The number of amides is 1. The third kappa shape index (κ3) is 4.81. The number of aliphatic hydroxyl groups excluding tert-OH is 1. The highest BCUT2D eigenvalue weighted by molar-refractivity contribution is 6.31. The molecule has 1 amide bonds. The molecule has 3 rings (SSSR count). The molecule has 0 aliphatic carbocycles. The number of hydrogen-bond acceptors (Lipinski definition) is 3. The molecule has 0 spiro atoms. The molecule has 0 unspecified atom stereocenters. The number of rotatable bonds is 4. The van der Waals surface area contributed by atoms with Gasteiger partial charge in [-0.2, -0.15) is 0 Å². The fourth-order valence-electron chi connectivity index (χ4n) is 3.23. The summed E-state index contributed by atoms with van der Waals surface area (Å²) in [5.41, 5.74) is 1.37. The van der Waals surface area contributed by atoms with Gasteiger partial charge in [-0.1, -0.05) is 48.0 Å². The molecule has 1 atom stereocenters. The average molecular weight is 377 g/mol. The maximum absolute atomic E-state index is 13.9. The number of β-amino-alcohol motifs (C(OH)–C–C–N with tert-alkyl or cyclic N) is 1. The van der Waals surface area contributed by atoms with Gasteiger partial charge in [-0.25, -0.2) is 4.39 Å². The van der Waals surface area contributed by atoms with Gasteiger partial charge in [0.1, 0.15) is 5.82 Å². The second kappa shape index (κ2) is 8.62. The molecule has 0 radical (unpaired) electrons. The quantitative estimate of drug-likeness (QED) is 0.892. The van der Waals surface area contributed by atoms with E-state index >= 15 is 0 Å². The van der Waals surface area contributed by atoms with E-state index in [0.29, 0.717) is 19.6 Å². The van der Waals surface area contributed by atoms with Crippen LogP contribution in [0.3, 0.4) is 0 Å². The second-order valence-corrected chi connectivity index (χ2v) is 7.00. The van der Waals surface area contributed by atoms with E-state index in [-0.39, 0.29) is 29.5 Å². The van der Waals surface area contributed by atoms with Gasteiger partial charge in [0.2, 0.25) is 5.91 Å². The van der Waals surface area contributed by atoms with Crippen LogP contribution in [0, 0.1) is 5.82 Å². The molecule has 0 aromatic heterocycles. The summed E-state index contributed by atoms with van der Waals surface area (Å²) in [4.78, 5) is 16.3. The normalized spacial score (nSPS) is 18.6. The smallest absolute Gasteiger partial charge is 0.227 e. The molecule has 0 saturated carbocycles. The Morgan fingerprint density at radius 2 is 1.88 bits per heavy atom. The number of benzene rings is 2. The van der Waals surface area contributed by atoms with Crippen LogP contribution in [-0.4, -0.2) is 53.1 Å². The lowest BCUT2D eigenvalue weighted by atomic mass is 10.1. The van der Waals surface area contributed by atoms with E-state index in [4.69, 9.17) is 11.6 Å². The summed E-state index contributed by atoms with van der Waals surface area (Å²) in [6, 6.07) is 14.4. The summed E-state index contributed by atoms with van der Waals surface area (Å²) in [6.45, 7) is 2.62. The van der Waals surface area contributed by atoms with Gasteiger partial charge in [0.15, 0.2) is 0 Å². The van der Waals surface area contributed by atoms with Crippen LogP contribution in [0.4, 0.5) is 4.39 Å². The highest BCUT2D eigenvalue weighted by Gasteiger charge is 2.25. The fourth-order valence-corrected chi connectivity index (χ4v) is 3.46. The number of halogens is 2. The van der Waals surface area contributed by atoms with E-state index in [0.717, 1.165) is 12.1 Å². The van der Waals surface area contributed by atoms with Gasteiger partial charge >= 0.3 is 0 Å². The van der Waals surface area contributed by atoms with Crippen LogP contribution in [0.25, 0.3) is 0 Å². The summed E-state index contributed by atoms with van der Waals surface area (Å²) >= 11 is 6.02. The van der Waals surface area contributed by atoms with Crippen molar-refractivity contribution in [2.75, 3.05) is 26.2 Å². The molecule has 6 heteroatoms. The number of nitrogens with zero attached hydrogens (tertiary/aromatic N) is 2. The first kappa shape index (κ1) is 18.8. The molecule has 1 heterocycles. The van der Waals surface area contributed by atoms with Crippen LogP contribution >= 0.6 is 11.6 Å². The largest absolute Gasteiger partial charge is 0.390 e. The predicted molar refractivity (Wildman–Crippen MR) is 99.4 cm³/mol. The van der Waals surface area contributed by atoms with Crippen LogP contribution in [0.15, 0.2) is 48.5 Å². The lowest BCUT2D eigenvalue weighted by Gasteiger charge is -2.22. The molecule has 138 valence electrons. The van der Waals surface area contributed by atoms with Crippen LogP contribution in [-0.2, 0) is 17.8 Å². The van der Waals surface area contributed by atoms with Crippen molar-refractivity contribution in [3.63, 3.8) is 0 Å². The zero-order chi connectivity index (χ0) is 18.5. The number of hydrogen-bond donors (Lipinski definition) is 1. The van der Waals surface area contributed by atoms with Crippen molar-refractivity contribution in [2.45, 2.75) is 19.1 Å². The molecular formula is C20H22ClFN2O2. The van der Waals surface area contributed by atoms with E-state index in [9.17, 15) is 14.3 Å². The first-order valence-corrected chi connectivity index (χ1v) is 9.05. The number of aliphatic hydroxyl groups is 1. The monoisotopic (exact) mass is 376 g/mol. The van der Waals surface area contributed by atoms with E-state index in [1.807, 2.05) is 30.3 Å². The lowest BCUT2D eigenvalue weighted by molar-refractivity contribution is -0.131. The number of carbonyl (C=O) groups excluding carboxylic acids is 1. The highest BCUT2D eigenvalue weighted by Crippen LogP contribution is 2.20. The standard InChI is InChI=1S/C20H22ClFN2O2/c21-18-7-4-8-19(22)17(18)11-20(26)24-10-9-23(13-16(25)14-24)12-15-5-2-1-3-6-15/h1-8,16,25H,9-14H2/t16-/m0/s1. The maximum atomic E-state index is 13.9. The third-order valence-electron chi connectivity index (χ3n) is 4.58. The number of carbonyl (C=O) groups is 1. The minimum Gasteiger partial charge on any atom is -0.390 e. The molecule has 4 nitrogen and oxygen atoms in total. The Morgan fingerprint density at radius 1 is 1.12 bits per heavy atom. The van der Waals surface area contributed by atoms with Crippen molar-refractivity contribution >= 4 is 17.5 Å². The van der Waals surface area contributed by atoms with Gasteiger partial charge in [0, 0.05) is 43.3 Å². The van der Waals surface area contributed by atoms with Gasteiger partial charge in [-0.05, 0) is 17.7 Å². The molecule has 1 aliphatic rings. The van der Waals surface area contributed by atoms with E-state index in [1.165, 1.54) is 12.1 Å². The van der Waals surface area contributed by atoms with Crippen molar-refractivity contribution in [1.29, 1.82) is 0 Å². The third-order valence-corrected chi connectivity index (χ3v) is 4.93. The van der Waals surface area contributed by atoms with Crippen LogP contribution in [0.5, 0.6) is 0 Å². The van der Waals surface area contributed by atoms with E-state index in [1.54, 1.807) is 11.0 Å². The van der Waals surface area contributed by atoms with Crippen molar-refractivity contribution in [2.24, 2.45) is 0 Å². The molecular weight excluding hydrogens is 355 g/mol. The minimum atomic E-state index is -0.638. The zero-order valence-corrected chi connectivity index (χ0v) is 15.2. The minimum absolute atomic E-state index is 0.100. The van der Waals surface area contributed by atoms with Crippen LogP contribution in [0.1, 0.15) is 11.1 Å². The highest BCUT2D eigenvalue weighted by atomic mass is 35.5. The average Bonchev–Trinajstić information content (AvgIpc) is 2.80. The molecule has 0 bridgehead atoms. The summed E-state index contributed by atoms with van der Waals surface area (Å²) in [6.07, 6.45) is -0.738. The Hall–Kier alpha value is -1.95. The Labute approximate surface area is 157 Å². The Morgan fingerprint density at radius 3 is 2.62 bits per heavy atom.